The fourth-order valence-corrected chi connectivity index (χ4v) is 3.88. The number of hydrogen-bond acceptors (Lipinski definition) is 7. The number of aromatic amines is 1. The molecule has 2 saturated carbocycles. The van der Waals surface area contributed by atoms with Crippen molar-refractivity contribution in [2.24, 2.45) is 0 Å². The van der Waals surface area contributed by atoms with Crippen LogP contribution in [0.3, 0.4) is 0 Å². The second kappa shape index (κ2) is 7.06. The quantitative estimate of drug-likeness (QED) is 0.673. The molecule has 3 N–H and O–H groups in total. The van der Waals surface area contributed by atoms with Gasteiger partial charge in [0.25, 0.3) is 5.56 Å². The minimum absolute atomic E-state index is 0.0172. The molecule has 0 radical (unpaired) electrons. The third-order valence-electron chi connectivity index (χ3n) is 5.66. The maximum atomic E-state index is 13.4. The van der Waals surface area contributed by atoms with Gasteiger partial charge >= 0.3 is 0 Å². The molecule has 10 heteroatoms. The SMILES string of the molecule is Cc1noc(C2CCC2c2nc(NC3CCC(F)(F)CC3)c(C=N)c(=O)[nH]2)n1. The lowest BCUT2D eigenvalue weighted by molar-refractivity contribution is -0.0361. The van der Waals surface area contributed by atoms with Gasteiger partial charge in [-0.3, -0.25) is 4.79 Å². The molecule has 0 aliphatic heterocycles. The summed E-state index contributed by atoms with van der Waals surface area (Å²) in [5, 5.41) is 14.5. The molecular weight excluding hydrogens is 370 g/mol. The van der Waals surface area contributed by atoms with E-state index in [0.717, 1.165) is 19.1 Å². The monoisotopic (exact) mass is 392 g/mol. The maximum absolute atomic E-state index is 13.4. The van der Waals surface area contributed by atoms with E-state index in [1.54, 1.807) is 6.92 Å². The molecule has 0 aromatic carbocycles. The van der Waals surface area contributed by atoms with E-state index >= 15 is 0 Å². The molecule has 2 atom stereocenters. The Kier molecular flexibility index (Phi) is 4.72. The lowest BCUT2D eigenvalue weighted by atomic mass is 9.73. The zero-order valence-corrected chi connectivity index (χ0v) is 15.5. The van der Waals surface area contributed by atoms with Gasteiger partial charge in [-0.2, -0.15) is 4.98 Å². The molecule has 28 heavy (non-hydrogen) atoms. The van der Waals surface area contributed by atoms with E-state index in [1.807, 2.05) is 0 Å². The van der Waals surface area contributed by atoms with Crippen molar-refractivity contribution < 1.29 is 13.3 Å². The fourth-order valence-electron chi connectivity index (χ4n) is 3.88. The first-order valence-corrected chi connectivity index (χ1v) is 9.45. The number of nitrogens with zero attached hydrogens (tertiary/aromatic N) is 3. The van der Waals surface area contributed by atoms with Crippen molar-refractivity contribution in [1.29, 1.82) is 5.41 Å². The number of nitrogens with one attached hydrogen (secondary N) is 3. The van der Waals surface area contributed by atoms with Gasteiger partial charge in [-0.25, -0.2) is 13.8 Å². The van der Waals surface area contributed by atoms with Crippen molar-refractivity contribution in [3.63, 3.8) is 0 Å². The summed E-state index contributed by atoms with van der Waals surface area (Å²) in [6, 6.07) is -0.198. The van der Waals surface area contributed by atoms with Crippen LogP contribution < -0.4 is 10.9 Å². The normalized spacial score (nSPS) is 24.5. The van der Waals surface area contributed by atoms with Gasteiger partial charge in [0.2, 0.25) is 11.8 Å². The van der Waals surface area contributed by atoms with Crippen LogP contribution in [0.5, 0.6) is 0 Å². The van der Waals surface area contributed by atoms with Crippen LogP contribution in [0.25, 0.3) is 0 Å². The van der Waals surface area contributed by atoms with Crippen LogP contribution in [0.15, 0.2) is 9.32 Å². The number of aromatic nitrogens is 4. The maximum Gasteiger partial charge on any atom is 0.261 e. The highest BCUT2D eigenvalue weighted by atomic mass is 19.3. The summed E-state index contributed by atoms with van der Waals surface area (Å²) in [5.41, 5.74) is -0.318. The fraction of sp³-hybridized carbons (Fsp3) is 0.611. The van der Waals surface area contributed by atoms with E-state index < -0.39 is 11.5 Å². The largest absolute Gasteiger partial charge is 0.367 e. The molecular formula is C18H22F2N6O2. The summed E-state index contributed by atoms with van der Waals surface area (Å²) in [5.74, 6) is -0.867. The van der Waals surface area contributed by atoms with Crippen molar-refractivity contribution in [2.45, 2.75) is 69.2 Å². The molecule has 2 aromatic heterocycles. The van der Waals surface area contributed by atoms with Crippen LogP contribution in [0, 0.1) is 12.3 Å². The van der Waals surface area contributed by atoms with Gasteiger partial charge in [0.1, 0.15) is 11.6 Å². The molecule has 4 rings (SSSR count). The number of halogens is 2. The molecule has 2 aliphatic carbocycles. The molecule has 2 unspecified atom stereocenters. The van der Waals surface area contributed by atoms with E-state index in [1.165, 1.54) is 0 Å². The van der Waals surface area contributed by atoms with Gasteiger partial charge in [-0.1, -0.05) is 5.16 Å². The predicted molar refractivity (Wildman–Crippen MR) is 97.3 cm³/mol. The van der Waals surface area contributed by atoms with Crippen LogP contribution in [-0.2, 0) is 0 Å². The molecule has 2 fully saturated rings. The smallest absolute Gasteiger partial charge is 0.261 e. The number of hydrogen-bond donors (Lipinski definition) is 3. The zero-order chi connectivity index (χ0) is 19.9. The number of alkyl halides is 2. The Labute approximate surface area is 159 Å². The van der Waals surface area contributed by atoms with Crippen LogP contribution in [0.4, 0.5) is 14.6 Å². The van der Waals surface area contributed by atoms with Crippen molar-refractivity contribution in [2.75, 3.05) is 5.32 Å². The topological polar surface area (TPSA) is 121 Å². The van der Waals surface area contributed by atoms with Gasteiger partial charge in [0, 0.05) is 36.9 Å². The van der Waals surface area contributed by atoms with Crippen molar-refractivity contribution in [3.8, 4) is 0 Å². The highest BCUT2D eigenvalue weighted by Crippen LogP contribution is 2.47. The minimum Gasteiger partial charge on any atom is -0.367 e. The zero-order valence-electron chi connectivity index (χ0n) is 15.5. The third-order valence-corrected chi connectivity index (χ3v) is 5.66. The Morgan fingerprint density at radius 3 is 2.50 bits per heavy atom. The van der Waals surface area contributed by atoms with E-state index in [9.17, 15) is 13.6 Å². The molecule has 0 spiro atoms. The summed E-state index contributed by atoms with van der Waals surface area (Å²) in [6.45, 7) is 1.75. The average Bonchev–Trinajstić information content (AvgIpc) is 3.01. The molecule has 150 valence electrons. The predicted octanol–water partition coefficient (Wildman–Crippen LogP) is 3.11. The van der Waals surface area contributed by atoms with Gasteiger partial charge in [-0.05, 0) is 32.6 Å². The molecule has 2 aliphatic rings. The number of anilines is 1. The summed E-state index contributed by atoms with van der Waals surface area (Å²) in [4.78, 5) is 24.0. The first-order valence-electron chi connectivity index (χ1n) is 9.45. The average molecular weight is 392 g/mol. The van der Waals surface area contributed by atoms with Gasteiger partial charge in [-0.15, -0.1) is 0 Å². The van der Waals surface area contributed by atoms with Gasteiger partial charge in [0.15, 0.2) is 5.82 Å². The van der Waals surface area contributed by atoms with E-state index in [-0.39, 0.29) is 42.1 Å². The van der Waals surface area contributed by atoms with E-state index in [2.05, 4.69) is 25.4 Å². The minimum atomic E-state index is -2.63. The summed E-state index contributed by atoms with van der Waals surface area (Å²) < 4.78 is 32.1. The molecule has 0 amide bonds. The van der Waals surface area contributed by atoms with Crippen LogP contribution in [0.2, 0.25) is 0 Å². The Hall–Kier alpha value is -2.65. The van der Waals surface area contributed by atoms with Gasteiger partial charge < -0.3 is 20.2 Å². The Bertz CT molecular complexity index is 930. The molecule has 2 heterocycles. The summed E-state index contributed by atoms with van der Waals surface area (Å²) in [6.07, 6.45) is 2.80. The Balaban J connectivity index is 1.58. The Morgan fingerprint density at radius 2 is 1.93 bits per heavy atom. The number of aryl methyl sites for hydroxylation is 1. The third kappa shape index (κ3) is 3.55. The number of rotatable bonds is 5. The van der Waals surface area contributed by atoms with Gasteiger partial charge in [0.05, 0.1) is 5.56 Å². The highest BCUT2D eigenvalue weighted by molar-refractivity contribution is 5.83. The van der Waals surface area contributed by atoms with Crippen LogP contribution in [0.1, 0.15) is 73.5 Å². The first-order chi connectivity index (χ1) is 13.4. The number of H-pyrrole nitrogens is 1. The second-order valence-electron chi connectivity index (χ2n) is 7.60. The Morgan fingerprint density at radius 1 is 1.21 bits per heavy atom. The lowest BCUT2D eigenvalue weighted by Crippen LogP contribution is -2.34. The highest BCUT2D eigenvalue weighted by Gasteiger charge is 2.40. The standard InChI is InChI=1S/C18H22F2N6O2/c1-9-22-17(28-26-9)12-3-2-11(12)14-24-15(13(8-21)16(27)25-14)23-10-4-6-18(19,20)7-5-10/h8,10-12,21H,2-7H2,1H3,(H2,23,24,25,27). The summed E-state index contributed by atoms with van der Waals surface area (Å²) in [7, 11) is 0. The van der Waals surface area contributed by atoms with Crippen LogP contribution in [-0.4, -0.2) is 38.3 Å². The van der Waals surface area contributed by atoms with Crippen molar-refractivity contribution in [1.82, 2.24) is 20.1 Å². The van der Waals surface area contributed by atoms with E-state index in [0.29, 0.717) is 30.4 Å². The van der Waals surface area contributed by atoms with Crippen LogP contribution >= 0.6 is 0 Å². The van der Waals surface area contributed by atoms with E-state index in [4.69, 9.17) is 9.93 Å². The van der Waals surface area contributed by atoms with Crippen molar-refractivity contribution in [3.05, 3.63) is 33.5 Å². The lowest BCUT2D eigenvalue weighted by Gasteiger charge is -2.33. The second-order valence-corrected chi connectivity index (χ2v) is 7.60. The van der Waals surface area contributed by atoms with Crippen molar-refractivity contribution >= 4 is 12.0 Å². The molecule has 0 saturated heterocycles. The molecule has 2 aromatic rings. The summed E-state index contributed by atoms with van der Waals surface area (Å²) >= 11 is 0. The molecule has 8 nitrogen and oxygen atoms in total. The molecule has 0 bridgehead atoms. The first kappa shape index (κ1) is 18.7.